The highest BCUT2D eigenvalue weighted by molar-refractivity contribution is 6.06. The number of hydrogen-bond donors (Lipinski definition) is 4. The Morgan fingerprint density at radius 3 is 2.86 bits per heavy atom. The van der Waals surface area contributed by atoms with Crippen LogP contribution in [0.5, 0.6) is 11.5 Å². The summed E-state index contributed by atoms with van der Waals surface area (Å²) in [6.07, 6.45) is 2.51. The van der Waals surface area contributed by atoms with Crippen LogP contribution in [0.4, 0.5) is 0 Å². The van der Waals surface area contributed by atoms with Crippen molar-refractivity contribution in [3.05, 3.63) is 36.0 Å². The smallest absolute Gasteiger partial charge is 0.279 e. The number of nitrogens with two attached hydrogens (primary N) is 1. The van der Waals surface area contributed by atoms with Crippen molar-refractivity contribution in [3.63, 3.8) is 0 Å². The molecule has 1 rings (SSSR count). The number of benzene rings is 1. The van der Waals surface area contributed by atoms with E-state index in [4.69, 9.17) is 15.6 Å². The highest BCUT2D eigenvalue weighted by Gasteiger charge is 2.10. The van der Waals surface area contributed by atoms with Crippen LogP contribution in [0, 0.1) is 0 Å². The van der Waals surface area contributed by atoms with Crippen LogP contribution >= 0.6 is 0 Å². The maximum Gasteiger partial charge on any atom is 0.279 e. The standard InChI is InChI=1S/C14H19N3O4/c1-9(8-18)21-12-6-10(5-11(19)7-12)14(20)17-13(15)3-4-16-2/h3-7,9,16,18-19H,8H2,1-2H3,(H2,15,17,20)/b4-3-/t9-/m0/s1. The van der Waals surface area contributed by atoms with Crippen molar-refractivity contribution in [3.8, 4) is 11.5 Å². The summed E-state index contributed by atoms with van der Waals surface area (Å²) < 4.78 is 5.34. The van der Waals surface area contributed by atoms with Crippen molar-refractivity contribution < 1.29 is 19.7 Å². The molecular formula is C14H19N3O4. The molecule has 7 nitrogen and oxygen atoms in total. The minimum Gasteiger partial charge on any atom is -0.508 e. The SMILES string of the molecule is CN/C=C\C(N)=NC(=O)c1cc(O)cc(O[C@@H](C)CO)c1. The topological polar surface area (TPSA) is 117 Å². The zero-order valence-corrected chi connectivity index (χ0v) is 11.9. The molecule has 21 heavy (non-hydrogen) atoms. The first kappa shape index (κ1) is 16.5. The van der Waals surface area contributed by atoms with Crippen molar-refractivity contribution in [1.29, 1.82) is 0 Å². The van der Waals surface area contributed by atoms with Gasteiger partial charge in [-0.1, -0.05) is 0 Å². The van der Waals surface area contributed by atoms with E-state index in [1.807, 2.05) is 0 Å². The Bertz CT molecular complexity index is 555. The minimum atomic E-state index is -0.606. The second kappa shape index (κ2) is 7.91. The molecule has 0 spiro atoms. The van der Waals surface area contributed by atoms with E-state index < -0.39 is 12.0 Å². The van der Waals surface area contributed by atoms with Gasteiger partial charge in [-0.25, -0.2) is 0 Å². The van der Waals surface area contributed by atoms with Crippen LogP contribution in [0.15, 0.2) is 35.5 Å². The number of phenols is 1. The number of aliphatic hydroxyl groups is 1. The molecule has 0 bridgehead atoms. The van der Waals surface area contributed by atoms with Crippen LogP contribution in [0.25, 0.3) is 0 Å². The van der Waals surface area contributed by atoms with Crippen LogP contribution < -0.4 is 15.8 Å². The third kappa shape index (κ3) is 5.53. The molecule has 0 saturated carbocycles. The van der Waals surface area contributed by atoms with E-state index in [2.05, 4.69) is 10.3 Å². The Labute approximate surface area is 122 Å². The molecular weight excluding hydrogens is 274 g/mol. The summed E-state index contributed by atoms with van der Waals surface area (Å²) in [5.41, 5.74) is 5.69. The first-order valence-electron chi connectivity index (χ1n) is 6.30. The van der Waals surface area contributed by atoms with Gasteiger partial charge in [0, 0.05) is 18.7 Å². The monoisotopic (exact) mass is 293 g/mol. The van der Waals surface area contributed by atoms with Gasteiger partial charge in [0.15, 0.2) is 0 Å². The van der Waals surface area contributed by atoms with Gasteiger partial charge in [-0.2, -0.15) is 4.99 Å². The molecule has 0 fully saturated rings. The first-order valence-corrected chi connectivity index (χ1v) is 6.30. The number of nitrogens with one attached hydrogen (secondary N) is 1. The van der Waals surface area contributed by atoms with Gasteiger partial charge < -0.3 is 26.0 Å². The predicted molar refractivity (Wildman–Crippen MR) is 79.4 cm³/mol. The predicted octanol–water partition coefficient (Wildman–Crippen LogP) is 0.382. The van der Waals surface area contributed by atoms with Gasteiger partial charge in [-0.3, -0.25) is 4.79 Å². The fraction of sp³-hybridized carbons (Fsp3) is 0.286. The van der Waals surface area contributed by atoms with Crippen LogP contribution in [-0.2, 0) is 0 Å². The van der Waals surface area contributed by atoms with E-state index >= 15 is 0 Å². The number of amidine groups is 1. The Morgan fingerprint density at radius 1 is 1.52 bits per heavy atom. The number of phenolic OH excluding ortho intramolecular Hbond substituents is 1. The molecule has 5 N–H and O–H groups in total. The fourth-order valence-electron chi connectivity index (χ4n) is 1.43. The molecule has 1 aromatic rings. The fourth-order valence-corrected chi connectivity index (χ4v) is 1.43. The van der Waals surface area contributed by atoms with Gasteiger partial charge in [0.1, 0.15) is 23.4 Å². The maximum atomic E-state index is 11.9. The molecule has 0 heterocycles. The van der Waals surface area contributed by atoms with E-state index in [1.165, 1.54) is 30.5 Å². The largest absolute Gasteiger partial charge is 0.508 e. The molecule has 0 aliphatic heterocycles. The van der Waals surface area contributed by atoms with Gasteiger partial charge in [0.2, 0.25) is 0 Å². The second-order valence-electron chi connectivity index (χ2n) is 4.29. The first-order chi connectivity index (χ1) is 9.96. The molecule has 0 unspecified atom stereocenters. The van der Waals surface area contributed by atoms with E-state index in [-0.39, 0.29) is 29.5 Å². The van der Waals surface area contributed by atoms with Crippen molar-refractivity contribution >= 4 is 11.7 Å². The lowest BCUT2D eigenvalue weighted by Gasteiger charge is -2.12. The van der Waals surface area contributed by atoms with Crippen LogP contribution in [0.2, 0.25) is 0 Å². The Morgan fingerprint density at radius 2 is 2.24 bits per heavy atom. The summed E-state index contributed by atoms with van der Waals surface area (Å²) in [6.45, 7) is 1.48. The molecule has 0 aromatic heterocycles. The van der Waals surface area contributed by atoms with Crippen molar-refractivity contribution in [2.24, 2.45) is 10.7 Å². The molecule has 0 radical (unpaired) electrons. The Balaban J connectivity index is 2.97. The number of aliphatic imine (C=N–C) groups is 1. The van der Waals surface area contributed by atoms with Gasteiger partial charge in [-0.05, 0) is 31.3 Å². The number of hydrogen-bond acceptors (Lipinski definition) is 5. The summed E-state index contributed by atoms with van der Waals surface area (Å²) in [4.78, 5) is 15.6. The minimum absolute atomic E-state index is 0.0314. The van der Waals surface area contributed by atoms with Gasteiger partial charge in [0.05, 0.1) is 6.61 Å². The summed E-state index contributed by atoms with van der Waals surface area (Å²) in [5, 5.41) is 21.3. The average Bonchev–Trinajstić information content (AvgIpc) is 2.44. The molecule has 7 heteroatoms. The number of carbonyl (C=O) groups is 1. The Hall–Kier alpha value is -2.54. The summed E-state index contributed by atoms with van der Waals surface area (Å²) in [5.74, 6) is -0.450. The number of rotatable bonds is 6. The number of amides is 1. The number of nitrogens with zero attached hydrogens (tertiary/aromatic N) is 1. The number of ether oxygens (including phenoxy) is 1. The van der Waals surface area contributed by atoms with Crippen molar-refractivity contribution in [2.45, 2.75) is 13.0 Å². The third-order valence-electron chi connectivity index (χ3n) is 2.38. The quantitative estimate of drug-likeness (QED) is 0.445. The zero-order valence-electron chi connectivity index (χ0n) is 11.9. The highest BCUT2D eigenvalue weighted by Crippen LogP contribution is 2.23. The lowest BCUT2D eigenvalue weighted by Crippen LogP contribution is -2.16. The third-order valence-corrected chi connectivity index (χ3v) is 2.38. The average molecular weight is 293 g/mol. The van der Waals surface area contributed by atoms with Crippen LogP contribution in [0.3, 0.4) is 0 Å². The molecule has 0 aliphatic carbocycles. The molecule has 1 aromatic carbocycles. The number of aromatic hydroxyl groups is 1. The summed E-state index contributed by atoms with van der Waals surface area (Å²) in [6, 6.07) is 4.03. The van der Waals surface area contributed by atoms with E-state index in [9.17, 15) is 9.90 Å². The van der Waals surface area contributed by atoms with Gasteiger partial charge >= 0.3 is 0 Å². The molecule has 0 saturated heterocycles. The summed E-state index contributed by atoms with van der Waals surface area (Å²) >= 11 is 0. The van der Waals surface area contributed by atoms with E-state index in [1.54, 1.807) is 14.0 Å². The summed E-state index contributed by atoms with van der Waals surface area (Å²) in [7, 11) is 1.69. The van der Waals surface area contributed by atoms with Crippen LogP contribution in [-0.4, -0.2) is 41.7 Å². The van der Waals surface area contributed by atoms with E-state index in [0.29, 0.717) is 0 Å². The van der Waals surface area contributed by atoms with Gasteiger partial charge in [0.25, 0.3) is 5.91 Å². The maximum absolute atomic E-state index is 11.9. The number of carbonyl (C=O) groups excluding carboxylic acids is 1. The van der Waals surface area contributed by atoms with Crippen molar-refractivity contribution in [1.82, 2.24) is 5.32 Å². The lowest BCUT2D eigenvalue weighted by molar-refractivity contribution is 0.100. The zero-order chi connectivity index (χ0) is 15.8. The van der Waals surface area contributed by atoms with Crippen molar-refractivity contribution in [2.75, 3.05) is 13.7 Å². The van der Waals surface area contributed by atoms with Crippen LogP contribution in [0.1, 0.15) is 17.3 Å². The Kier molecular flexibility index (Phi) is 6.22. The molecule has 1 amide bonds. The molecule has 0 aliphatic rings. The molecule has 114 valence electrons. The molecule has 1 atom stereocenters. The number of aliphatic hydroxyl groups excluding tert-OH is 1. The van der Waals surface area contributed by atoms with Gasteiger partial charge in [-0.15, -0.1) is 0 Å². The highest BCUT2D eigenvalue weighted by atomic mass is 16.5. The van der Waals surface area contributed by atoms with E-state index in [0.717, 1.165) is 0 Å². The lowest BCUT2D eigenvalue weighted by atomic mass is 10.2. The normalized spacial score (nSPS) is 13.2. The second-order valence-corrected chi connectivity index (χ2v) is 4.29.